The maximum atomic E-state index is 12.8. The van der Waals surface area contributed by atoms with E-state index in [1.807, 2.05) is 0 Å². The zero-order chi connectivity index (χ0) is 15.7. The van der Waals surface area contributed by atoms with E-state index in [2.05, 4.69) is 61.3 Å². The number of nitrogens with one attached hydrogen (secondary N) is 1. The fourth-order valence-corrected chi connectivity index (χ4v) is 3.42. The predicted octanol–water partition coefficient (Wildman–Crippen LogP) is 3.17. The molecule has 1 amide bonds. The van der Waals surface area contributed by atoms with Crippen molar-refractivity contribution in [1.82, 2.24) is 10.2 Å². The Labute approximate surface area is 134 Å². The molecule has 1 aliphatic heterocycles. The van der Waals surface area contributed by atoms with Crippen molar-refractivity contribution in [3.8, 4) is 0 Å². The molecule has 2 aliphatic rings. The largest absolute Gasteiger partial charge is 0.340 e. The van der Waals surface area contributed by atoms with Crippen molar-refractivity contribution in [2.24, 2.45) is 5.92 Å². The van der Waals surface area contributed by atoms with Crippen molar-refractivity contribution >= 4 is 5.91 Å². The molecule has 0 bridgehead atoms. The first kappa shape index (κ1) is 15.5. The zero-order valence-electron chi connectivity index (χ0n) is 14.0. The smallest absolute Gasteiger partial charge is 0.239 e. The normalized spacial score (nSPS) is 26.3. The van der Waals surface area contributed by atoms with E-state index in [0.717, 1.165) is 25.4 Å². The van der Waals surface area contributed by atoms with Gasteiger partial charge in [-0.3, -0.25) is 4.79 Å². The van der Waals surface area contributed by atoms with Crippen molar-refractivity contribution in [3.63, 3.8) is 0 Å². The van der Waals surface area contributed by atoms with Crippen LogP contribution in [0.3, 0.4) is 0 Å². The van der Waals surface area contributed by atoms with Crippen LogP contribution in [0.2, 0.25) is 0 Å². The zero-order valence-corrected chi connectivity index (χ0v) is 14.0. The molecule has 0 radical (unpaired) electrons. The third kappa shape index (κ3) is 3.89. The first-order chi connectivity index (χ1) is 10.4. The topological polar surface area (TPSA) is 32.3 Å². The number of amides is 1. The molecule has 1 N–H and O–H groups in total. The highest BCUT2D eigenvalue weighted by molar-refractivity contribution is 5.83. The number of hydrogen-bond acceptors (Lipinski definition) is 2. The molecule has 2 unspecified atom stereocenters. The number of nitrogens with zero attached hydrogens (tertiary/aromatic N) is 1. The Hall–Kier alpha value is -1.35. The first-order valence-corrected chi connectivity index (χ1v) is 8.54. The monoisotopic (exact) mass is 300 g/mol. The van der Waals surface area contributed by atoms with E-state index >= 15 is 0 Å². The summed E-state index contributed by atoms with van der Waals surface area (Å²) in [6.45, 7) is 8.24. The van der Waals surface area contributed by atoms with Crippen molar-refractivity contribution in [1.29, 1.82) is 0 Å². The molecule has 1 aliphatic carbocycles. The number of hydrogen-bond donors (Lipinski definition) is 1. The maximum absolute atomic E-state index is 12.8. The molecule has 1 saturated carbocycles. The Morgan fingerprint density at radius 1 is 1.18 bits per heavy atom. The molecule has 3 nitrogen and oxygen atoms in total. The van der Waals surface area contributed by atoms with E-state index in [1.54, 1.807) is 0 Å². The Balaban J connectivity index is 1.78. The second-order valence-electron chi connectivity index (χ2n) is 7.98. The van der Waals surface area contributed by atoms with Crippen LogP contribution < -0.4 is 5.32 Å². The lowest BCUT2D eigenvalue weighted by Gasteiger charge is -2.40. The highest BCUT2D eigenvalue weighted by Gasteiger charge is 2.38. The van der Waals surface area contributed by atoms with Gasteiger partial charge >= 0.3 is 0 Å². The molecule has 1 aromatic rings. The van der Waals surface area contributed by atoms with Crippen molar-refractivity contribution in [3.05, 3.63) is 35.9 Å². The summed E-state index contributed by atoms with van der Waals surface area (Å²) in [5.74, 6) is 1.49. The second-order valence-corrected chi connectivity index (χ2v) is 7.98. The Bertz CT molecular complexity index is 516. The summed E-state index contributed by atoms with van der Waals surface area (Å²) >= 11 is 0. The van der Waals surface area contributed by atoms with Gasteiger partial charge in [-0.1, -0.05) is 30.3 Å². The Morgan fingerprint density at radius 2 is 1.86 bits per heavy atom. The van der Waals surface area contributed by atoms with Gasteiger partial charge in [0, 0.05) is 24.5 Å². The van der Waals surface area contributed by atoms with Gasteiger partial charge in [-0.15, -0.1) is 0 Å². The molecule has 1 aromatic carbocycles. The quantitative estimate of drug-likeness (QED) is 0.926. The molecule has 1 heterocycles. The van der Waals surface area contributed by atoms with Crippen LogP contribution in [0.25, 0.3) is 0 Å². The third-order valence-corrected chi connectivity index (χ3v) is 4.62. The van der Waals surface area contributed by atoms with E-state index < -0.39 is 0 Å². The van der Waals surface area contributed by atoms with Crippen molar-refractivity contribution < 1.29 is 4.79 Å². The van der Waals surface area contributed by atoms with E-state index in [1.165, 1.54) is 18.4 Å². The van der Waals surface area contributed by atoms with Crippen LogP contribution in [0.5, 0.6) is 0 Å². The number of carbonyl (C=O) groups is 1. The summed E-state index contributed by atoms with van der Waals surface area (Å²) in [5, 5.41) is 3.54. The average Bonchev–Trinajstić information content (AvgIpc) is 3.26. The number of likely N-dealkylation sites (tertiary alicyclic amines) is 1. The number of piperidine rings is 1. The fourth-order valence-electron chi connectivity index (χ4n) is 3.42. The minimum absolute atomic E-state index is 0.0375. The van der Waals surface area contributed by atoms with Gasteiger partial charge in [0.1, 0.15) is 0 Å². The van der Waals surface area contributed by atoms with Crippen LogP contribution in [0.1, 0.15) is 51.5 Å². The van der Waals surface area contributed by atoms with E-state index in [4.69, 9.17) is 0 Å². The highest BCUT2D eigenvalue weighted by Crippen LogP contribution is 2.34. The minimum atomic E-state index is -0.0577. The molecule has 120 valence electrons. The third-order valence-electron chi connectivity index (χ3n) is 4.62. The van der Waals surface area contributed by atoms with Crippen LogP contribution in [0.4, 0.5) is 0 Å². The Morgan fingerprint density at radius 3 is 2.45 bits per heavy atom. The summed E-state index contributed by atoms with van der Waals surface area (Å²) in [6.07, 6.45) is 3.48. The number of carbonyl (C=O) groups excluding carboxylic acids is 1. The van der Waals surface area contributed by atoms with Crippen LogP contribution >= 0.6 is 0 Å². The number of rotatable bonds is 4. The van der Waals surface area contributed by atoms with Gasteiger partial charge in [-0.2, -0.15) is 0 Å². The van der Waals surface area contributed by atoms with Gasteiger partial charge in [0.2, 0.25) is 5.91 Å². The lowest BCUT2D eigenvalue weighted by atomic mass is 9.86. The van der Waals surface area contributed by atoms with Gasteiger partial charge < -0.3 is 10.2 Å². The molecule has 3 heteroatoms. The summed E-state index contributed by atoms with van der Waals surface area (Å²) in [7, 11) is 0. The summed E-state index contributed by atoms with van der Waals surface area (Å²) < 4.78 is 0. The summed E-state index contributed by atoms with van der Waals surface area (Å²) in [6, 6.07) is 10.6. The van der Waals surface area contributed by atoms with Gasteiger partial charge in [0.05, 0.1) is 6.04 Å². The SMILES string of the molecule is CC(C)(C)NC1CC(c2ccccc2)CN(CC2CC2)C1=O. The van der Waals surface area contributed by atoms with Crippen LogP contribution in [0.15, 0.2) is 30.3 Å². The standard InChI is InChI=1S/C19H28N2O/c1-19(2,3)20-17-11-16(15-7-5-4-6-8-15)13-21(18(17)22)12-14-9-10-14/h4-8,14,16-17,20H,9-13H2,1-3H3. The maximum Gasteiger partial charge on any atom is 0.239 e. The fraction of sp³-hybridized carbons (Fsp3) is 0.632. The van der Waals surface area contributed by atoms with Crippen molar-refractivity contribution in [2.45, 2.75) is 57.5 Å². The predicted molar refractivity (Wildman–Crippen MR) is 89.8 cm³/mol. The molecule has 0 aromatic heterocycles. The average molecular weight is 300 g/mol. The van der Waals surface area contributed by atoms with Gasteiger partial charge in [-0.05, 0) is 51.5 Å². The van der Waals surface area contributed by atoms with Crippen molar-refractivity contribution in [2.75, 3.05) is 13.1 Å². The Kier molecular flexibility index (Phi) is 4.26. The molecule has 1 saturated heterocycles. The molecule has 3 rings (SSSR count). The lowest BCUT2D eigenvalue weighted by molar-refractivity contribution is -0.137. The lowest BCUT2D eigenvalue weighted by Crippen LogP contribution is -2.57. The molecule has 0 spiro atoms. The van der Waals surface area contributed by atoms with Crippen LogP contribution in [0, 0.1) is 5.92 Å². The minimum Gasteiger partial charge on any atom is -0.340 e. The summed E-state index contributed by atoms with van der Waals surface area (Å²) in [5.41, 5.74) is 1.32. The highest BCUT2D eigenvalue weighted by atomic mass is 16.2. The van der Waals surface area contributed by atoms with E-state index in [0.29, 0.717) is 11.8 Å². The second kappa shape index (κ2) is 6.04. The first-order valence-electron chi connectivity index (χ1n) is 8.54. The molecule has 22 heavy (non-hydrogen) atoms. The molecular formula is C19H28N2O. The summed E-state index contributed by atoms with van der Waals surface area (Å²) in [4.78, 5) is 14.9. The molecule has 2 fully saturated rings. The number of benzene rings is 1. The van der Waals surface area contributed by atoms with Crippen LogP contribution in [-0.4, -0.2) is 35.5 Å². The van der Waals surface area contributed by atoms with Gasteiger partial charge in [0.15, 0.2) is 0 Å². The van der Waals surface area contributed by atoms with Gasteiger partial charge in [-0.25, -0.2) is 0 Å². The van der Waals surface area contributed by atoms with Gasteiger partial charge in [0.25, 0.3) is 0 Å². The molecule has 2 atom stereocenters. The van der Waals surface area contributed by atoms with Crippen LogP contribution in [-0.2, 0) is 4.79 Å². The molecular weight excluding hydrogens is 272 g/mol. The van der Waals surface area contributed by atoms with E-state index in [9.17, 15) is 4.79 Å². The van der Waals surface area contributed by atoms with E-state index in [-0.39, 0.29) is 11.6 Å².